The van der Waals surface area contributed by atoms with Crippen LogP contribution < -0.4 is 10.6 Å². The number of halogens is 2. The number of hydrogen-bond acceptors (Lipinski definition) is 3. The predicted molar refractivity (Wildman–Crippen MR) is 114 cm³/mol. The average Bonchev–Trinajstić information content (AvgIpc) is 3.02. The topological polar surface area (TPSA) is 66.6 Å². The molecule has 2 heterocycles. The first-order chi connectivity index (χ1) is 11.8. The zero-order valence-electron chi connectivity index (χ0n) is 13.8. The molecule has 0 aliphatic heterocycles. The van der Waals surface area contributed by atoms with E-state index < -0.39 is 0 Å². The van der Waals surface area contributed by atoms with Crippen LogP contribution in [0.25, 0.3) is 5.65 Å². The van der Waals surface area contributed by atoms with Crippen molar-refractivity contribution in [1.29, 1.82) is 0 Å². The number of nitrogens with one attached hydrogen (secondary N) is 2. The van der Waals surface area contributed by atoms with E-state index in [2.05, 4.69) is 53.9 Å². The monoisotopic (exact) mass is 514 g/mol. The van der Waals surface area contributed by atoms with Gasteiger partial charge in [0.15, 0.2) is 17.4 Å². The highest BCUT2D eigenvalue weighted by Gasteiger charge is 2.05. The van der Waals surface area contributed by atoms with E-state index >= 15 is 0 Å². The van der Waals surface area contributed by atoms with Gasteiger partial charge in [0.25, 0.3) is 0 Å². The highest BCUT2D eigenvalue weighted by atomic mass is 127. The summed E-state index contributed by atoms with van der Waals surface area (Å²) in [6.07, 6.45) is 1.96. The zero-order chi connectivity index (χ0) is 16.8. The van der Waals surface area contributed by atoms with Crippen molar-refractivity contribution in [3.63, 3.8) is 0 Å². The average molecular weight is 515 g/mol. The standard InChI is InChI=1S/C17H19BrN6.HI/c1-2-19-17(20-11-13-6-8-14(18)9-7-13)21-12-16-23-22-15-5-3-4-10-24(15)16;/h3-10H,2,11-12H2,1H3,(H2,19,20,21);1H. The van der Waals surface area contributed by atoms with Gasteiger partial charge in [-0.05, 0) is 36.8 Å². The van der Waals surface area contributed by atoms with Crippen LogP contribution in [0.5, 0.6) is 0 Å². The number of fused-ring (bicyclic) bond motifs is 1. The highest BCUT2D eigenvalue weighted by Crippen LogP contribution is 2.11. The Kier molecular flexibility index (Phi) is 7.63. The lowest BCUT2D eigenvalue weighted by atomic mass is 10.2. The van der Waals surface area contributed by atoms with Crippen LogP contribution >= 0.6 is 39.9 Å². The summed E-state index contributed by atoms with van der Waals surface area (Å²) in [4.78, 5) is 4.61. The Morgan fingerprint density at radius 3 is 2.68 bits per heavy atom. The second-order valence-electron chi connectivity index (χ2n) is 5.22. The largest absolute Gasteiger partial charge is 0.357 e. The first-order valence-electron chi connectivity index (χ1n) is 7.81. The Hall–Kier alpha value is -1.68. The Morgan fingerprint density at radius 2 is 1.92 bits per heavy atom. The number of aromatic nitrogens is 3. The summed E-state index contributed by atoms with van der Waals surface area (Å²) in [5.41, 5.74) is 1.99. The molecule has 25 heavy (non-hydrogen) atoms. The molecular formula is C17H20BrIN6. The van der Waals surface area contributed by atoms with E-state index in [1.165, 1.54) is 0 Å². The maximum Gasteiger partial charge on any atom is 0.191 e. The van der Waals surface area contributed by atoms with Crippen LogP contribution in [0.1, 0.15) is 18.3 Å². The van der Waals surface area contributed by atoms with E-state index in [-0.39, 0.29) is 24.0 Å². The number of pyridine rings is 1. The predicted octanol–water partition coefficient (Wildman–Crippen LogP) is 3.37. The number of nitrogens with zero attached hydrogens (tertiary/aromatic N) is 4. The molecule has 3 aromatic rings. The van der Waals surface area contributed by atoms with E-state index in [1.807, 2.05) is 47.9 Å². The van der Waals surface area contributed by atoms with Gasteiger partial charge in [0.05, 0.1) is 13.1 Å². The van der Waals surface area contributed by atoms with Crippen molar-refractivity contribution < 1.29 is 0 Å². The summed E-state index contributed by atoms with van der Waals surface area (Å²) in [5, 5.41) is 14.9. The van der Waals surface area contributed by atoms with Gasteiger partial charge in [-0.3, -0.25) is 4.40 Å². The molecule has 0 spiro atoms. The van der Waals surface area contributed by atoms with Crippen molar-refractivity contribution in [2.24, 2.45) is 4.99 Å². The van der Waals surface area contributed by atoms with E-state index in [1.54, 1.807) is 0 Å². The summed E-state index contributed by atoms with van der Waals surface area (Å²) in [7, 11) is 0. The molecule has 0 unspecified atom stereocenters. The van der Waals surface area contributed by atoms with Crippen molar-refractivity contribution in [2.45, 2.75) is 20.0 Å². The number of rotatable bonds is 5. The highest BCUT2D eigenvalue weighted by molar-refractivity contribution is 14.0. The van der Waals surface area contributed by atoms with Crippen LogP contribution in [0.3, 0.4) is 0 Å². The van der Waals surface area contributed by atoms with Gasteiger partial charge in [0.2, 0.25) is 0 Å². The minimum atomic E-state index is 0. The lowest BCUT2D eigenvalue weighted by Gasteiger charge is -2.10. The summed E-state index contributed by atoms with van der Waals surface area (Å²) >= 11 is 3.44. The van der Waals surface area contributed by atoms with Gasteiger partial charge in [0, 0.05) is 17.2 Å². The van der Waals surface area contributed by atoms with Gasteiger partial charge >= 0.3 is 0 Å². The number of aliphatic imine (C=N–C) groups is 1. The van der Waals surface area contributed by atoms with Crippen molar-refractivity contribution in [1.82, 2.24) is 25.2 Å². The SMILES string of the molecule is CCNC(=NCc1ccc(Br)cc1)NCc1nnc2ccccn12.I. The van der Waals surface area contributed by atoms with Crippen LogP contribution in [0.4, 0.5) is 0 Å². The molecule has 0 aliphatic carbocycles. The molecule has 0 atom stereocenters. The van der Waals surface area contributed by atoms with Gasteiger partial charge in [-0.15, -0.1) is 34.2 Å². The van der Waals surface area contributed by atoms with Gasteiger partial charge in [-0.25, -0.2) is 4.99 Å². The molecule has 8 heteroatoms. The van der Waals surface area contributed by atoms with Crippen LogP contribution in [0.15, 0.2) is 58.1 Å². The second kappa shape index (κ2) is 9.71. The van der Waals surface area contributed by atoms with Crippen LogP contribution in [0.2, 0.25) is 0 Å². The Balaban J connectivity index is 0.00000225. The van der Waals surface area contributed by atoms with Crippen LogP contribution in [-0.2, 0) is 13.1 Å². The summed E-state index contributed by atoms with van der Waals surface area (Å²) in [5.74, 6) is 1.60. The lowest BCUT2D eigenvalue weighted by Crippen LogP contribution is -2.37. The molecule has 0 bridgehead atoms. The minimum absolute atomic E-state index is 0. The minimum Gasteiger partial charge on any atom is -0.357 e. The third-order valence-electron chi connectivity index (χ3n) is 3.48. The first-order valence-corrected chi connectivity index (χ1v) is 8.61. The molecule has 6 nitrogen and oxygen atoms in total. The molecule has 3 rings (SSSR count). The number of benzene rings is 1. The lowest BCUT2D eigenvalue weighted by molar-refractivity contribution is 0.765. The van der Waals surface area contributed by atoms with E-state index in [4.69, 9.17) is 0 Å². The summed E-state index contributed by atoms with van der Waals surface area (Å²) in [6.45, 7) is 4.01. The van der Waals surface area contributed by atoms with E-state index in [0.29, 0.717) is 13.1 Å². The fourth-order valence-corrected chi connectivity index (χ4v) is 2.54. The molecular weight excluding hydrogens is 495 g/mol. The zero-order valence-corrected chi connectivity index (χ0v) is 17.7. The summed E-state index contributed by atoms with van der Waals surface area (Å²) < 4.78 is 3.03. The van der Waals surface area contributed by atoms with Crippen molar-refractivity contribution in [3.05, 3.63) is 64.5 Å². The second-order valence-corrected chi connectivity index (χ2v) is 6.14. The first kappa shape index (κ1) is 19.6. The molecule has 2 aromatic heterocycles. The van der Waals surface area contributed by atoms with Crippen molar-refractivity contribution >= 4 is 51.5 Å². The molecule has 132 valence electrons. The Labute approximate surface area is 172 Å². The molecule has 2 N–H and O–H groups in total. The molecule has 1 aromatic carbocycles. The van der Waals surface area contributed by atoms with E-state index in [9.17, 15) is 0 Å². The Bertz CT molecular complexity index is 831. The molecule has 0 amide bonds. The van der Waals surface area contributed by atoms with Crippen molar-refractivity contribution in [2.75, 3.05) is 6.54 Å². The molecule has 0 saturated carbocycles. The number of guanidine groups is 1. The fourth-order valence-electron chi connectivity index (χ4n) is 2.28. The Morgan fingerprint density at radius 1 is 1.12 bits per heavy atom. The van der Waals surface area contributed by atoms with Crippen molar-refractivity contribution in [3.8, 4) is 0 Å². The smallest absolute Gasteiger partial charge is 0.191 e. The van der Waals surface area contributed by atoms with Gasteiger partial charge in [-0.2, -0.15) is 0 Å². The third kappa shape index (κ3) is 5.40. The fraction of sp³-hybridized carbons (Fsp3) is 0.235. The molecule has 0 aliphatic rings. The van der Waals surface area contributed by atoms with Crippen LogP contribution in [0, 0.1) is 0 Å². The van der Waals surface area contributed by atoms with E-state index in [0.717, 1.165) is 34.0 Å². The molecule has 0 fully saturated rings. The maximum atomic E-state index is 4.61. The number of hydrogen-bond donors (Lipinski definition) is 2. The molecule has 0 radical (unpaired) electrons. The quantitative estimate of drug-likeness (QED) is 0.311. The maximum absolute atomic E-state index is 4.61. The normalized spacial score (nSPS) is 11.2. The van der Waals surface area contributed by atoms with Gasteiger partial charge in [-0.1, -0.05) is 34.1 Å². The molecule has 0 saturated heterocycles. The third-order valence-corrected chi connectivity index (χ3v) is 4.00. The summed E-state index contributed by atoms with van der Waals surface area (Å²) in [6, 6.07) is 14.0. The van der Waals surface area contributed by atoms with Crippen LogP contribution in [-0.4, -0.2) is 27.1 Å². The van der Waals surface area contributed by atoms with Gasteiger partial charge < -0.3 is 10.6 Å². The van der Waals surface area contributed by atoms with Gasteiger partial charge in [0.1, 0.15) is 0 Å².